The molecule has 1 aliphatic heterocycles. The summed E-state index contributed by atoms with van der Waals surface area (Å²) in [7, 11) is 0. The molecule has 2 unspecified atom stereocenters. The van der Waals surface area contributed by atoms with Crippen LogP contribution in [0.25, 0.3) is 0 Å². The van der Waals surface area contributed by atoms with Gasteiger partial charge < -0.3 is 11.1 Å². The molecule has 1 aliphatic rings. The number of rotatable bonds is 3. The van der Waals surface area contributed by atoms with E-state index in [2.05, 4.69) is 5.32 Å². The van der Waals surface area contributed by atoms with Gasteiger partial charge in [0, 0.05) is 11.4 Å². The zero-order chi connectivity index (χ0) is 12.6. The Labute approximate surface area is 104 Å². The Morgan fingerprint density at radius 2 is 2.29 bits per heavy atom. The van der Waals surface area contributed by atoms with Gasteiger partial charge >= 0.3 is 6.03 Å². The molecule has 0 saturated carbocycles. The standard InChI is InChI=1S/C11H15N3O2S/c1-7(6-12)14-9(15)11(2,13-10(14)16)8-4-3-5-17-8/h3-5,7H,6,12H2,1-2H3,(H,13,16). The molecule has 2 heterocycles. The lowest BCUT2D eigenvalue weighted by Gasteiger charge is -2.22. The molecular weight excluding hydrogens is 238 g/mol. The number of hydrogen-bond acceptors (Lipinski definition) is 4. The smallest absolute Gasteiger partial charge is 0.325 e. The van der Waals surface area contributed by atoms with E-state index in [9.17, 15) is 9.59 Å². The van der Waals surface area contributed by atoms with Crippen molar-refractivity contribution in [2.75, 3.05) is 6.54 Å². The van der Waals surface area contributed by atoms with Gasteiger partial charge in [-0.25, -0.2) is 4.79 Å². The Morgan fingerprint density at radius 1 is 1.59 bits per heavy atom. The minimum absolute atomic E-state index is 0.233. The van der Waals surface area contributed by atoms with Gasteiger partial charge in [0.2, 0.25) is 0 Å². The number of hydrogen-bond donors (Lipinski definition) is 2. The largest absolute Gasteiger partial charge is 0.328 e. The van der Waals surface area contributed by atoms with Crippen molar-refractivity contribution in [2.45, 2.75) is 25.4 Å². The van der Waals surface area contributed by atoms with E-state index in [4.69, 9.17) is 5.73 Å². The van der Waals surface area contributed by atoms with Gasteiger partial charge in [-0.2, -0.15) is 0 Å². The zero-order valence-corrected chi connectivity index (χ0v) is 10.6. The van der Waals surface area contributed by atoms with Crippen molar-refractivity contribution >= 4 is 23.3 Å². The SMILES string of the molecule is CC(CN)N1C(=O)NC(C)(c2cccs2)C1=O. The molecule has 0 radical (unpaired) electrons. The normalized spacial score (nSPS) is 26.2. The van der Waals surface area contributed by atoms with E-state index < -0.39 is 5.54 Å². The second-order valence-electron chi connectivity index (χ2n) is 4.29. The Balaban J connectivity index is 2.36. The van der Waals surface area contributed by atoms with Crippen LogP contribution in [-0.2, 0) is 10.3 Å². The number of nitrogens with zero attached hydrogens (tertiary/aromatic N) is 1. The Kier molecular flexibility index (Phi) is 2.92. The topological polar surface area (TPSA) is 75.4 Å². The maximum atomic E-state index is 12.3. The van der Waals surface area contributed by atoms with Crippen molar-refractivity contribution in [1.29, 1.82) is 0 Å². The molecule has 1 aromatic rings. The molecule has 0 bridgehead atoms. The molecule has 3 N–H and O–H groups in total. The fourth-order valence-corrected chi connectivity index (χ4v) is 2.73. The molecule has 5 nitrogen and oxygen atoms in total. The highest BCUT2D eigenvalue weighted by Crippen LogP contribution is 2.32. The lowest BCUT2D eigenvalue weighted by molar-refractivity contribution is -0.132. The first-order valence-corrected chi connectivity index (χ1v) is 6.28. The number of amides is 3. The van der Waals surface area contributed by atoms with Crippen LogP contribution in [0.2, 0.25) is 0 Å². The van der Waals surface area contributed by atoms with E-state index in [0.717, 1.165) is 4.88 Å². The highest BCUT2D eigenvalue weighted by molar-refractivity contribution is 7.10. The van der Waals surface area contributed by atoms with Gasteiger partial charge in [-0.15, -0.1) is 11.3 Å². The molecule has 1 fully saturated rings. The molecule has 17 heavy (non-hydrogen) atoms. The van der Waals surface area contributed by atoms with Crippen molar-refractivity contribution in [3.8, 4) is 0 Å². The van der Waals surface area contributed by atoms with Gasteiger partial charge in [0.15, 0.2) is 5.54 Å². The summed E-state index contributed by atoms with van der Waals surface area (Å²) in [5.41, 5.74) is 4.56. The minimum Gasteiger partial charge on any atom is -0.328 e. The average molecular weight is 253 g/mol. The molecule has 1 aromatic heterocycles. The molecule has 0 aromatic carbocycles. The van der Waals surface area contributed by atoms with Gasteiger partial charge in [0.25, 0.3) is 5.91 Å². The Bertz CT molecular complexity index is 446. The molecule has 3 amide bonds. The van der Waals surface area contributed by atoms with Crippen molar-refractivity contribution in [2.24, 2.45) is 5.73 Å². The first-order chi connectivity index (χ1) is 8.00. The lowest BCUT2D eigenvalue weighted by atomic mass is 10.0. The van der Waals surface area contributed by atoms with Crippen molar-refractivity contribution in [3.63, 3.8) is 0 Å². The Morgan fingerprint density at radius 3 is 2.82 bits per heavy atom. The summed E-state index contributed by atoms with van der Waals surface area (Å²) in [6.45, 7) is 3.75. The summed E-state index contributed by atoms with van der Waals surface area (Å²) < 4.78 is 0. The van der Waals surface area contributed by atoms with Crippen molar-refractivity contribution < 1.29 is 9.59 Å². The second-order valence-corrected chi connectivity index (χ2v) is 5.24. The van der Waals surface area contributed by atoms with E-state index in [1.807, 2.05) is 17.5 Å². The van der Waals surface area contributed by atoms with Crippen LogP contribution in [0.4, 0.5) is 4.79 Å². The third kappa shape index (κ3) is 1.73. The van der Waals surface area contributed by atoms with Gasteiger partial charge in [0.1, 0.15) is 0 Å². The van der Waals surface area contributed by atoms with E-state index in [1.165, 1.54) is 16.2 Å². The average Bonchev–Trinajstić information content (AvgIpc) is 2.88. The van der Waals surface area contributed by atoms with Gasteiger partial charge in [-0.05, 0) is 25.3 Å². The highest BCUT2D eigenvalue weighted by Gasteiger charge is 2.50. The number of imide groups is 1. The maximum absolute atomic E-state index is 12.3. The number of thiophene rings is 1. The predicted octanol–water partition coefficient (Wildman–Crippen LogP) is 0.862. The van der Waals surface area contributed by atoms with Crippen LogP contribution in [0.1, 0.15) is 18.7 Å². The second kappa shape index (κ2) is 4.12. The number of carbonyl (C=O) groups excluding carboxylic acids is 2. The summed E-state index contributed by atoms with van der Waals surface area (Å²) in [5.74, 6) is -0.233. The molecule has 2 rings (SSSR count). The first kappa shape index (κ1) is 12.1. The maximum Gasteiger partial charge on any atom is 0.325 e. The molecule has 2 atom stereocenters. The van der Waals surface area contributed by atoms with Crippen LogP contribution in [0, 0.1) is 0 Å². The van der Waals surface area contributed by atoms with E-state index in [0.29, 0.717) is 0 Å². The third-order valence-corrected chi connectivity index (χ3v) is 4.11. The highest BCUT2D eigenvalue weighted by atomic mass is 32.1. The van der Waals surface area contributed by atoms with Crippen LogP contribution in [0.15, 0.2) is 17.5 Å². The van der Waals surface area contributed by atoms with Crippen LogP contribution in [0.5, 0.6) is 0 Å². The third-order valence-electron chi connectivity index (χ3n) is 3.02. The predicted molar refractivity (Wildman–Crippen MR) is 65.6 cm³/mol. The Hall–Kier alpha value is -1.40. The zero-order valence-electron chi connectivity index (χ0n) is 9.77. The molecule has 92 valence electrons. The molecule has 1 saturated heterocycles. The van der Waals surface area contributed by atoms with Crippen LogP contribution >= 0.6 is 11.3 Å². The number of nitrogens with two attached hydrogens (primary N) is 1. The van der Waals surface area contributed by atoms with Gasteiger partial charge in [0.05, 0.1) is 6.04 Å². The van der Waals surface area contributed by atoms with E-state index in [1.54, 1.807) is 13.8 Å². The molecule has 0 spiro atoms. The summed E-state index contributed by atoms with van der Waals surface area (Å²) in [6, 6.07) is 3.05. The number of nitrogens with one attached hydrogen (secondary N) is 1. The van der Waals surface area contributed by atoms with Crippen molar-refractivity contribution in [3.05, 3.63) is 22.4 Å². The molecular formula is C11H15N3O2S. The summed E-state index contributed by atoms with van der Waals surface area (Å²) in [6.07, 6.45) is 0. The fraction of sp³-hybridized carbons (Fsp3) is 0.455. The lowest BCUT2D eigenvalue weighted by Crippen LogP contribution is -2.44. The summed E-state index contributed by atoms with van der Waals surface area (Å²) in [5, 5.41) is 4.62. The van der Waals surface area contributed by atoms with Crippen LogP contribution in [-0.4, -0.2) is 29.4 Å². The van der Waals surface area contributed by atoms with Crippen LogP contribution < -0.4 is 11.1 Å². The summed E-state index contributed by atoms with van der Waals surface area (Å²) >= 11 is 1.45. The van der Waals surface area contributed by atoms with Gasteiger partial charge in [-0.1, -0.05) is 6.07 Å². The van der Waals surface area contributed by atoms with Crippen LogP contribution in [0.3, 0.4) is 0 Å². The molecule has 0 aliphatic carbocycles. The monoisotopic (exact) mass is 253 g/mol. The summed E-state index contributed by atoms with van der Waals surface area (Å²) in [4.78, 5) is 26.2. The van der Waals surface area contributed by atoms with E-state index >= 15 is 0 Å². The fourth-order valence-electron chi connectivity index (χ4n) is 1.90. The van der Waals surface area contributed by atoms with E-state index in [-0.39, 0.29) is 24.5 Å². The number of urea groups is 1. The molecule has 6 heteroatoms. The van der Waals surface area contributed by atoms with Crippen molar-refractivity contribution in [1.82, 2.24) is 10.2 Å². The number of carbonyl (C=O) groups is 2. The first-order valence-electron chi connectivity index (χ1n) is 5.40. The minimum atomic E-state index is -0.950. The quantitative estimate of drug-likeness (QED) is 0.785. The van der Waals surface area contributed by atoms with Gasteiger partial charge in [-0.3, -0.25) is 9.69 Å².